The smallest absolute Gasteiger partial charge is 0.243 e. The van der Waals surface area contributed by atoms with Gasteiger partial charge in [-0.3, -0.25) is 4.79 Å². The van der Waals surface area contributed by atoms with E-state index < -0.39 is 10.0 Å². The number of hydrogen-bond acceptors (Lipinski definition) is 4. The number of hydrogen-bond donors (Lipinski definition) is 2. The van der Waals surface area contributed by atoms with Gasteiger partial charge < -0.3 is 10.3 Å². The van der Waals surface area contributed by atoms with E-state index in [9.17, 15) is 13.2 Å². The van der Waals surface area contributed by atoms with E-state index in [1.165, 1.54) is 4.31 Å². The van der Waals surface area contributed by atoms with Crippen LogP contribution in [0.3, 0.4) is 0 Å². The van der Waals surface area contributed by atoms with Gasteiger partial charge >= 0.3 is 0 Å². The molecule has 1 amide bonds. The summed E-state index contributed by atoms with van der Waals surface area (Å²) in [5.41, 5.74) is 2.82. The predicted octanol–water partition coefficient (Wildman–Crippen LogP) is 2.59. The number of aryl methyl sites for hydroxylation is 1. The van der Waals surface area contributed by atoms with Crippen LogP contribution in [0, 0.1) is 12.8 Å². The monoisotopic (exact) mass is 412 g/mol. The lowest BCUT2D eigenvalue weighted by atomic mass is 9.97. The van der Waals surface area contributed by atoms with Gasteiger partial charge in [0.15, 0.2) is 0 Å². The number of carbonyl (C=O) groups is 1. The first-order chi connectivity index (χ1) is 13.9. The van der Waals surface area contributed by atoms with Crippen LogP contribution < -0.4 is 5.32 Å². The molecule has 1 fully saturated rings. The number of sulfonamides is 1. The maximum Gasteiger partial charge on any atom is 0.243 e. The molecule has 1 saturated heterocycles. The van der Waals surface area contributed by atoms with Crippen molar-refractivity contribution in [2.24, 2.45) is 5.92 Å². The first kappa shape index (κ1) is 19.6. The molecule has 2 N–H and O–H groups in total. The molecular formula is C21H24N4O3S. The molecule has 7 nitrogen and oxygen atoms in total. The first-order valence-electron chi connectivity index (χ1n) is 9.71. The number of aromatic amines is 1. The lowest BCUT2D eigenvalue weighted by Gasteiger charge is -2.30. The fourth-order valence-electron chi connectivity index (χ4n) is 3.62. The van der Waals surface area contributed by atoms with E-state index in [1.807, 2.05) is 31.2 Å². The maximum absolute atomic E-state index is 12.8. The fraction of sp³-hybridized carbons (Fsp3) is 0.333. The second-order valence-electron chi connectivity index (χ2n) is 7.41. The second-order valence-corrected chi connectivity index (χ2v) is 9.35. The van der Waals surface area contributed by atoms with Crippen molar-refractivity contribution >= 4 is 27.0 Å². The van der Waals surface area contributed by atoms with Crippen LogP contribution in [0.4, 0.5) is 0 Å². The van der Waals surface area contributed by atoms with Gasteiger partial charge in [0.2, 0.25) is 15.9 Å². The van der Waals surface area contributed by atoms with Gasteiger partial charge in [0.05, 0.1) is 22.5 Å². The Morgan fingerprint density at radius 3 is 2.52 bits per heavy atom. The van der Waals surface area contributed by atoms with Crippen LogP contribution in [0.1, 0.15) is 24.2 Å². The Morgan fingerprint density at radius 2 is 1.83 bits per heavy atom. The van der Waals surface area contributed by atoms with E-state index in [1.54, 1.807) is 24.3 Å². The third kappa shape index (κ3) is 4.18. The van der Waals surface area contributed by atoms with Crippen LogP contribution in [0.5, 0.6) is 0 Å². The molecule has 152 valence electrons. The zero-order valence-corrected chi connectivity index (χ0v) is 17.1. The molecule has 2 heterocycles. The Labute approximate surface area is 170 Å². The summed E-state index contributed by atoms with van der Waals surface area (Å²) in [5, 5.41) is 2.92. The van der Waals surface area contributed by atoms with E-state index in [0.29, 0.717) is 43.2 Å². The molecule has 0 saturated carbocycles. The minimum absolute atomic E-state index is 0.0576. The van der Waals surface area contributed by atoms with Crippen molar-refractivity contribution in [2.45, 2.75) is 31.2 Å². The number of nitrogens with one attached hydrogen (secondary N) is 2. The largest absolute Gasteiger partial charge is 0.349 e. The number of amides is 1. The number of piperidine rings is 1. The Kier molecular flexibility index (Phi) is 5.38. The van der Waals surface area contributed by atoms with E-state index in [4.69, 9.17) is 0 Å². The number of fused-ring (bicyclic) bond motifs is 1. The van der Waals surface area contributed by atoms with E-state index in [2.05, 4.69) is 15.3 Å². The van der Waals surface area contributed by atoms with Crippen LogP contribution in [0.15, 0.2) is 53.4 Å². The molecule has 0 bridgehead atoms. The van der Waals surface area contributed by atoms with Crippen LogP contribution in [0.2, 0.25) is 0 Å². The summed E-state index contributed by atoms with van der Waals surface area (Å²) in [6, 6.07) is 14.6. The van der Waals surface area contributed by atoms with Gasteiger partial charge in [-0.2, -0.15) is 4.31 Å². The lowest BCUT2D eigenvalue weighted by Crippen LogP contribution is -2.42. The van der Waals surface area contributed by atoms with Gasteiger partial charge in [0, 0.05) is 19.0 Å². The zero-order chi connectivity index (χ0) is 20.4. The quantitative estimate of drug-likeness (QED) is 0.673. The number of rotatable bonds is 5. The Hall–Kier alpha value is -2.71. The Bertz CT molecular complexity index is 1080. The van der Waals surface area contributed by atoms with E-state index in [0.717, 1.165) is 16.6 Å². The number of aromatic nitrogens is 2. The number of H-pyrrole nitrogens is 1. The molecule has 0 radical (unpaired) electrons. The second kappa shape index (κ2) is 7.96. The van der Waals surface area contributed by atoms with Crippen LogP contribution in [0.25, 0.3) is 11.0 Å². The van der Waals surface area contributed by atoms with Gasteiger partial charge in [0.25, 0.3) is 0 Å². The highest BCUT2D eigenvalue weighted by atomic mass is 32.2. The normalized spacial score (nSPS) is 16.2. The summed E-state index contributed by atoms with van der Waals surface area (Å²) < 4.78 is 27.0. The predicted molar refractivity (Wildman–Crippen MR) is 111 cm³/mol. The molecule has 1 aliphatic rings. The minimum atomic E-state index is -3.51. The number of carbonyl (C=O) groups excluding carboxylic acids is 1. The van der Waals surface area contributed by atoms with Crippen LogP contribution in [-0.2, 0) is 21.4 Å². The zero-order valence-electron chi connectivity index (χ0n) is 16.3. The highest BCUT2D eigenvalue weighted by Gasteiger charge is 2.32. The molecule has 1 aliphatic heterocycles. The summed E-state index contributed by atoms with van der Waals surface area (Å²) in [7, 11) is -3.51. The van der Waals surface area contributed by atoms with Crippen molar-refractivity contribution in [3.05, 3.63) is 59.9 Å². The summed E-state index contributed by atoms with van der Waals surface area (Å²) >= 11 is 0. The number of benzene rings is 2. The first-order valence-corrected chi connectivity index (χ1v) is 11.2. The lowest BCUT2D eigenvalue weighted by molar-refractivity contribution is -0.126. The maximum atomic E-state index is 12.8. The van der Waals surface area contributed by atoms with Crippen molar-refractivity contribution in [3.63, 3.8) is 0 Å². The van der Waals surface area contributed by atoms with Crippen molar-refractivity contribution in [3.8, 4) is 0 Å². The highest BCUT2D eigenvalue weighted by Crippen LogP contribution is 2.24. The van der Waals surface area contributed by atoms with Gasteiger partial charge in [-0.05, 0) is 44.0 Å². The number of nitrogens with zero attached hydrogens (tertiary/aromatic N) is 2. The van der Waals surface area contributed by atoms with Crippen molar-refractivity contribution in [1.82, 2.24) is 19.6 Å². The molecule has 0 atom stereocenters. The third-order valence-corrected chi connectivity index (χ3v) is 7.26. The fourth-order valence-corrected chi connectivity index (χ4v) is 5.09. The SMILES string of the molecule is Cc1ccc(S(=O)(=O)N2CCC(C(=O)NCc3nc4ccccc4[nH]3)CC2)cc1. The standard InChI is InChI=1S/C21H24N4O3S/c1-15-6-8-17(9-7-15)29(27,28)25-12-10-16(11-13-25)21(26)22-14-20-23-18-4-2-3-5-19(18)24-20/h2-9,16H,10-14H2,1H3,(H,22,26)(H,23,24). The number of imidazole rings is 1. The van der Waals surface area contributed by atoms with Crippen molar-refractivity contribution in [2.75, 3.05) is 13.1 Å². The molecule has 0 spiro atoms. The highest BCUT2D eigenvalue weighted by molar-refractivity contribution is 7.89. The Morgan fingerprint density at radius 1 is 1.14 bits per heavy atom. The van der Waals surface area contributed by atoms with Crippen LogP contribution in [-0.4, -0.2) is 41.7 Å². The summed E-state index contributed by atoms with van der Waals surface area (Å²) in [5.74, 6) is 0.459. The van der Waals surface area contributed by atoms with Gasteiger partial charge in [0.1, 0.15) is 5.82 Å². The van der Waals surface area contributed by atoms with E-state index >= 15 is 0 Å². The minimum Gasteiger partial charge on any atom is -0.349 e. The molecule has 8 heteroatoms. The molecule has 0 aliphatic carbocycles. The topological polar surface area (TPSA) is 95.2 Å². The molecular weight excluding hydrogens is 388 g/mol. The van der Waals surface area contributed by atoms with Crippen molar-refractivity contribution in [1.29, 1.82) is 0 Å². The summed E-state index contributed by atoms with van der Waals surface area (Å²) in [6.45, 7) is 2.94. The molecule has 1 aromatic heterocycles. The number of para-hydroxylation sites is 2. The molecule has 0 unspecified atom stereocenters. The van der Waals surface area contributed by atoms with Gasteiger partial charge in [-0.1, -0.05) is 29.8 Å². The summed E-state index contributed by atoms with van der Waals surface area (Å²) in [4.78, 5) is 20.5. The average Bonchev–Trinajstić information content (AvgIpc) is 3.15. The molecule has 29 heavy (non-hydrogen) atoms. The molecule has 4 rings (SSSR count). The Balaban J connectivity index is 1.32. The average molecular weight is 413 g/mol. The van der Waals surface area contributed by atoms with Gasteiger partial charge in [-0.25, -0.2) is 13.4 Å². The van der Waals surface area contributed by atoms with E-state index in [-0.39, 0.29) is 11.8 Å². The molecule has 3 aromatic rings. The molecule has 2 aromatic carbocycles. The third-order valence-electron chi connectivity index (χ3n) is 5.35. The van der Waals surface area contributed by atoms with Crippen molar-refractivity contribution < 1.29 is 13.2 Å². The van der Waals surface area contributed by atoms with Gasteiger partial charge in [-0.15, -0.1) is 0 Å². The van der Waals surface area contributed by atoms with Crippen LogP contribution >= 0.6 is 0 Å². The summed E-state index contributed by atoms with van der Waals surface area (Å²) in [6.07, 6.45) is 1.02.